The van der Waals surface area contributed by atoms with Crippen molar-refractivity contribution in [2.75, 3.05) is 17.7 Å². The zero-order chi connectivity index (χ0) is 24.1. The first-order valence-electron chi connectivity index (χ1n) is 10.9. The number of fused-ring (bicyclic) bond motifs is 1. The minimum absolute atomic E-state index is 0.155. The van der Waals surface area contributed by atoms with Gasteiger partial charge in [-0.25, -0.2) is 0 Å². The quantitative estimate of drug-likeness (QED) is 0.280. The van der Waals surface area contributed by atoms with Gasteiger partial charge in [-0.05, 0) is 55.9 Å². The summed E-state index contributed by atoms with van der Waals surface area (Å²) in [7, 11) is 1.88. The summed E-state index contributed by atoms with van der Waals surface area (Å²) in [5, 5.41) is 23.3. The van der Waals surface area contributed by atoms with E-state index in [1.54, 1.807) is 18.2 Å². The summed E-state index contributed by atoms with van der Waals surface area (Å²) in [6.45, 7) is 0.477. The molecule has 1 N–H and O–H groups in total. The van der Waals surface area contributed by atoms with Crippen LogP contribution >= 0.6 is 46.3 Å². The second-order valence-corrected chi connectivity index (χ2v) is 10.7. The van der Waals surface area contributed by atoms with E-state index in [-0.39, 0.29) is 11.7 Å². The number of aryl methyl sites for hydroxylation is 2. The van der Waals surface area contributed by atoms with E-state index < -0.39 is 0 Å². The van der Waals surface area contributed by atoms with Gasteiger partial charge < -0.3 is 14.6 Å². The van der Waals surface area contributed by atoms with Crippen LogP contribution in [0.4, 0.5) is 5.00 Å². The van der Waals surface area contributed by atoms with Crippen molar-refractivity contribution in [3.8, 4) is 11.8 Å². The lowest BCUT2D eigenvalue weighted by molar-refractivity contribution is -0.113. The maximum absolute atomic E-state index is 12.6. The van der Waals surface area contributed by atoms with Crippen molar-refractivity contribution in [1.82, 2.24) is 14.8 Å². The van der Waals surface area contributed by atoms with Gasteiger partial charge in [0.25, 0.3) is 0 Å². The van der Waals surface area contributed by atoms with Crippen LogP contribution in [-0.2, 0) is 31.1 Å². The fourth-order valence-corrected chi connectivity index (χ4v) is 6.21. The van der Waals surface area contributed by atoms with E-state index in [9.17, 15) is 10.1 Å². The van der Waals surface area contributed by atoms with E-state index in [0.717, 1.165) is 43.5 Å². The molecule has 4 rings (SSSR count). The Morgan fingerprint density at radius 2 is 2.15 bits per heavy atom. The highest BCUT2D eigenvalue weighted by Gasteiger charge is 2.22. The van der Waals surface area contributed by atoms with Crippen molar-refractivity contribution in [3.05, 3.63) is 50.1 Å². The number of amides is 1. The molecule has 0 unspecified atom stereocenters. The lowest BCUT2D eigenvalue weighted by Crippen LogP contribution is -2.14. The first-order chi connectivity index (χ1) is 16.5. The van der Waals surface area contributed by atoms with E-state index in [2.05, 4.69) is 21.6 Å². The summed E-state index contributed by atoms with van der Waals surface area (Å²) >= 11 is 14.9. The Morgan fingerprint density at radius 3 is 2.94 bits per heavy atom. The van der Waals surface area contributed by atoms with Gasteiger partial charge in [0, 0.05) is 23.4 Å². The van der Waals surface area contributed by atoms with Crippen molar-refractivity contribution < 1.29 is 9.53 Å². The average molecular weight is 537 g/mol. The van der Waals surface area contributed by atoms with Crippen molar-refractivity contribution in [1.29, 1.82) is 5.26 Å². The molecule has 7 nitrogen and oxygen atoms in total. The molecule has 0 bridgehead atoms. The zero-order valence-electron chi connectivity index (χ0n) is 18.6. The van der Waals surface area contributed by atoms with Crippen LogP contribution in [0, 0.1) is 11.3 Å². The molecule has 1 aromatic carbocycles. The number of thioether (sulfide) groups is 1. The fraction of sp³-hybridized carbons (Fsp3) is 0.391. The summed E-state index contributed by atoms with van der Waals surface area (Å²) in [5.41, 5.74) is 1.74. The molecule has 178 valence electrons. The highest BCUT2D eigenvalue weighted by Crippen LogP contribution is 2.37. The molecular weight excluding hydrogens is 513 g/mol. The summed E-state index contributed by atoms with van der Waals surface area (Å²) in [4.78, 5) is 13.8. The smallest absolute Gasteiger partial charge is 0.235 e. The Labute approximate surface area is 216 Å². The standard InChI is InChI=1S/C23H23Cl2N5O2S2/c1-30-20(7-4-10-32-18-9-8-14(24)11-17(18)25)28-29-23(30)33-13-21(31)27-22-16(12-26)15-5-2-3-6-19(15)34-22/h8-9,11H,2-7,10,13H2,1H3,(H,27,31). The summed E-state index contributed by atoms with van der Waals surface area (Å²) in [6.07, 6.45) is 5.54. The molecule has 1 amide bonds. The molecule has 2 aromatic heterocycles. The van der Waals surface area contributed by atoms with E-state index in [1.165, 1.54) is 28.0 Å². The Hall–Kier alpha value is -2.25. The lowest BCUT2D eigenvalue weighted by atomic mass is 9.96. The van der Waals surface area contributed by atoms with Crippen LogP contribution in [0.1, 0.15) is 41.1 Å². The number of rotatable bonds is 9. The van der Waals surface area contributed by atoms with Crippen LogP contribution in [-0.4, -0.2) is 33.0 Å². The molecule has 0 fully saturated rings. The molecule has 0 saturated heterocycles. The fourth-order valence-electron chi connectivity index (χ4n) is 3.76. The topological polar surface area (TPSA) is 92.8 Å². The van der Waals surface area contributed by atoms with Gasteiger partial charge in [-0.3, -0.25) is 4.79 Å². The normalized spacial score (nSPS) is 12.8. The summed E-state index contributed by atoms with van der Waals surface area (Å²) < 4.78 is 7.60. The SMILES string of the molecule is Cn1c(CCCOc2ccc(Cl)cc2Cl)nnc1SCC(=O)Nc1sc2c(c1C#N)CCCC2. The van der Waals surface area contributed by atoms with Gasteiger partial charge in [-0.15, -0.1) is 21.5 Å². The largest absolute Gasteiger partial charge is 0.492 e. The van der Waals surface area contributed by atoms with Crippen LogP contribution in [0.3, 0.4) is 0 Å². The van der Waals surface area contributed by atoms with Gasteiger partial charge in [0.2, 0.25) is 5.91 Å². The number of nitrogens with zero attached hydrogens (tertiary/aromatic N) is 4. The molecule has 3 aromatic rings. The Bertz CT molecular complexity index is 1230. The number of benzene rings is 1. The van der Waals surface area contributed by atoms with Gasteiger partial charge in [0.05, 0.1) is 22.9 Å². The number of thiophene rings is 1. The van der Waals surface area contributed by atoms with Crippen LogP contribution in [0.25, 0.3) is 0 Å². The number of hydrogen-bond donors (Lipinski definition) is 1. The number of nitriles is 1. The van der Waals surface area contributed by atoms with Gasteiger partial charge in [-0.2, -0.15) is 5.26 Å². The van der Waals surface area contributed by atoms with Gasteiger partial charge >= 0.3 is 0 Å². The first kappa shape index (κ1) is 24.9. The molecule has 1 aliphatic carbocycles. The molecule has 0 saturated carbocycles. The zero-order valence-corrected chi connectivity index (χ0v) is 21.7. The van der Waals surface area contributed by atoms with Crippen molar-refractivity contribution in [2.24, 2.45) is 7.05 Å². The summed E-state index contributed by atoms with van der Waals surface area (Å²) in [5.74, 6) is 1.44. The number of nitrogens with one attached hydrogen (secondary N) is 1. The average Bonchev–Trinajstić information content (AvgIpc) is 3.35. The predicted octanol–water partition coefficient (Wildman–Crippen LogP) is 5.68. The van der Waals surface area contributed by atoms with E-state index in [4.69, 9.17) is 27.9 Å². The predicted molar refractivity (Wildman–Crippen MR) is 136 cm³/mol. The van der Waals surface area contributed by atoms with Crippen LogP contribution in [0.15, 0.2) is 23.4 Å². The number of ether oxygens (including phenoxy) is 1. The third-order valence-corrected chi connectivity index (χ3v) is 8.25. The molecule has 0 radical (unpaired) electrons. The molecule has 0 spiro atoms. The number of anilines is 1. The van der Waals surface area contributed by atoms with E-state index in [1.807, 2.05) is 11.6 Å². The third kappa shape index (κ3) is 5.87. The number of hydrogen-bond acceptors (Lipinski definition) is 7. The molecule has 1 aliphatic rings. The number of aromatic nitrogens is 3. The van der Waals surface area contributed by atoms with Crippen molar-refractivity contribution >= 4 is 57.2 Å². The Morgan fingerprint density at radius 1 is 1.32 bits per heavy atom. The molecule has 0 atom stereocenters. The molecular formula is C23H23Cl2N5O2S2. The van der Waals surface area contributed by atoms with Crippen molar-refractivity contribution in [2.45, 2.75) is 43.7 Å². The van der Waals surface area contributed by atoms with Gasteiger partial charge in [0.1, 0.15) is 22.6 Å². The highest BCUT2D eigenvalue weighted by molar-refractivity contribution is 7.99. The van der Waals surface area contributed by atoms with E-state index in [0.29, 0.717) is 44.5 Å². The molecule has 34 heavy (non-hydrogen) atoms. The molecule has 0 aliphatic heterocycles. The minimum Gasteiger partial charge on any atom is -0.492 e. The highest BCUT2D eigenvalue weighted by atomic mass is 35.5. The summed E-state index contributed by atoms with van der Waals surface area (Å²) in [6, 6.07) is 7.40. The molecule has 11 heteroatoms. The number of carbonyl (C=O) groups excluding carboxylic acids is 1. The second kappa shape index (κ2) is 11.5. The maximum atomic E-state index is 12.6. The first-order valence-corrected chi connectivity index (χ1v) is 13.5. The maximum Gasteiger partial charge on any atom is 0.235 e. The third-order valence-electron chi connectivity index (χ3n) is 5.49. The van der Waals surface area contributed by atoms with Gasteiger partial charge in [-0.1, -0.05) is 35.0 Å². The lowest BCUT2D eigenvalue weighted by Gasteiger charge is -2.09. The van der Waals surface area contributed by atoms with Gasteiger partial charge in [0.15, 0.2) is 5.16 Å². The van der Waals surface area contributed by atoms with Crippen LogP contribution in [0.5, 0.6) is 5.75 Å². The van der Waals surface area contributed by atoms with Crippen LogP contribution in [0.2, 0.25) is 10.0 Å². The number of carbonyl (C=O) groups is 1. The second-order valence-electron chi connectivity index (χ2n) is 7.85. The minimum atomic E-state index is -0.155. The monoisotopic (exact) mass is 535 g/mol. The number of halogens is 2. The Balaban J connectivity index is 1.26. The van der Waals surface area contributed by atoms with Crippen LogP contribution < -0.4 is 10.1 Å². The van der Waals surface area contributed by atoms with E-state index >= 15 is 0 Å². The van der Waals surface area contributed by atoms with Crippen molar-refractivity contribution in [3.63, 3.8) is 0 Å². The molecule has 2 heterocycles. The Kier molecular flexibility index (Phi) is 8.37.